The van der Waals surface area contributed by atoms with Crippen LogP contribution < -0.4 is 20.4 Å². The van der Waals surface area contributed by atoms with E-state index in [-0.39, 0.29) is 25.0 Å². The van der Waals surface area contributed by atoms with Gasteiger partial charge in [-0.1, -0.05) is 0 Å². The van der Waals surface area contributed by atoms with Crippen LogP contribution in [0.2, 0.25) is 0 Å². The average Bonchev–Trinajstić information content (AvgIpc) is 3.07. The number of alkyl carbamates (subject to hydrolysis) is 1. The van der Waals surface area contributed by atoms with Gasteiger partial charge in [-0.25, -0.2) is 14.0 Å². The molecule has 2 heterocycles. The molecule has 2 saturated heterocycles. The molecule has 3 amide bonds. The van der Waals surface area contributed by atoms with Gasteiger partial charge in [-0.3, -0.25) is 9.69 Å². The molecule has 1 atom stereocenters. The number of halogens is 1. The minimum atomic E-state index is -0.567. The summed E-state index contributed by atoms with van der Waals surface area (Å²) in [7, 11) is 1.32. The Morgan fingerprint density at radius 2 is 2.03 bits per heavy atom. The van der Waals surface area contributed by atoms with E-state index < -0.39 is 24.1 Å². The molecular formula is C19H25FN4O5. The van der Waals surface area contributed by atoms with Crippen molar-refractivity contribution in [3.63, 3.8) is 0 Å². The van der Waals surface area contributed by atoms with Gasteiger partial charge in [0.25, 0.3) is 0 Å². The number of hydrogen-bond acceptors (Lipinski definition) is 6. The summed E-state index contributed by atoms with van der Waals surface area (Å²) in [6.07, 6.45) is -0.148. The van der Waals surface area contributed by atoms with Gasteiger partial charge in [-0.15, -0.1) is 0 Å². The van der Waals surface area contributed by atoms with Crippen LogP contribution in [0.1, 0.15) is 19.8 Å². The van der Waals surface area contributed by atoms with Crippen molar-refractivity contribution in [2.24, 2.45) is 0 Å². The van der Waals surface area contributed by atoms with Gasteiger partial charge in [0.15, 0.2) is 0 Å². The molecule has 0 saturated carbocycles. The van der Waals surface area contributed by atoms with E-state index in [0.29, 0.717) is 37.3 Å². The zero-order chi connectivity index (χ0) is 21.0. The van der Waals surface area contributed by atoms with Crippen molar-refractivity contribution in [3.05, 3.63) is 24.0 Å². The summed E-state index contributed by atoms with van der Waals surface area (Å²) in [5.41, 5.74) is 0.858. The zero-order valence-electron chi connectivity index (χ0n) is 16.4. The van der Waals surface area contributed by atoms with Crippen LogP contribution in [0.4, 0.5) is 25.4 Å². The number of cyclic esters (lactones) is 1. The topological polar surface area (TPSA) is 100 Å². The van der Waals surface area contributed by atoms with Crippen molar-refractivity contribution in [1.29, 1.82) is 0 Å². The van der Waals surface area contributed by atoms with Gasteiger partial charge >= 0.3 is 12.2 Å². The molecule has 0 spiro atoms. The first kappa shape index (κ1) is 20.7. The number of nitrogens with one attached hydrogen (secondary N) is 2. The second kappa shape index (κ2) is 8.97. The molecule has 0 aromatic heterocycles. The molecule has 10 heteroatoms. The summed E-state index contributed by atoms with van der Waals surface area (Å²) in [5, 5.41) is 5.37. The number of hydrogen-bond donors (Lipinski definition) is 2. The maximum atomic E-state index is 14.8. The largest absolute Gasteiger partial charge is 0.453 e. The summed E-state index contributed by atoms with van der Waals surface area (Å²) >= 11 is 0. The number of nitrogens with zero attached hydrogens (tertiary/aromatic N) is 2. The summed E-state index contributed by atoms with van der Waals surface area (Å²) in [5.74, 6) is -0.638. The number of benzene rings is 1. The van der Waals surface area contributed by atoms with E-state index in [1.807, 2.05) is 4.90 Å². The van der Waals surface area contributed by atoms with Crippen LogP contribution in [0.3, 0.4) is 0 Å². The summed E-state index contributed by atoms with van der Waals surface area (Å²) < 4.78 is 24.6. The predicted molar refractivity (Wildman–Crippen MR) is 103 cm³/mol. The highest BCUT2D eigenvalue weighted by atomic mass is 19.1. The Hall–Kier alpha value is -3.04. The highest BCUT2D eigenvalue weighted by molar-refractivity contribution is 5.90. The standard InChI is InChI=1S/C19H25FN4O5/c1-12(25)21-10-15-11-24(19(27)29-15)14-3-4-17(16(20)9-14)23-7-5-13(6-8-23)22-18(26)28-2/h3-4,9,13,15H,5-8,10-11H2,1-2H3,(H,21,25)(H,22,26)/t15-/m0/s1. The molecule has 2 aliphatic rings. The van der Waals surface area contributed by atoms with E-state index >= 15 is 0 Å². The van der Waals surface area contributed by atoms with E-state index in [9.17, 15) is 18.8 Å². The molecule has 0 aliphatic carbocycles. The van der Waals surface area contributed by atoms with Crippen LogP contribution in [-0.2, 0) is 14.3 Å². The maximum absolute atomic E-state index is 14.8. The molecule has 0 unspecified atom stereocenters. The number of amides is 3. The summed E-state index contributed by atoms with van der Waals surface area (Å²) in [6.45, 7) is 3.02. The minimum absolute atomic E-state index is 0.000880. The smallest absolute Gasteiger partial charge is 0.414 e. The second-order valence-electron chi connectivity index (χ2n) is 7.09. The first-order valence-corrected chi connectivity index (χ1v) is 9.49. The first-order valence-electron chi connectivity index (χ1n) is 9.49. The molecule has 0 bridgehead atoms. The Labute approximate surface area is 168 Å². The van der Waals surface area contributed by atoms with Crippen LogP contribution in [0.15, 0.2) is 18.2 Å². The van der Waals surface area contributed by atoms with E-state index in [0.717, 1.165) is 0 Å². The maximum Gasteiger partial charge on any atom is 0.414 e. The Morgan fingerprint density at radius 1 is 1.31 bits per heavy atom. The lowest BCUT2D eigenvalue weighted by atomic mass is 10.0. The summed E-state index contributed by atoms with van der Waals surface area (Å²) in [4.78, 5) is 37.7. The van der Waals surface area contributed by atoms with Gasteiger partial charge in [0.1, 0.15) is 11.9 Å². The van der Waals surface area contributed by atoms with Gasteiger partial charge in [-0.2, -0.15) is 0 Å². The molecule has 2 N–H and O–H groups in total. The van der Waals surface area contributed by atoms with Crippen LogP contribution in [0.5, 0.6) is 0 Å². The number of ether oxygens (including phenoxy) is 2. The quantitative estimate of drug-likeness (QED) is 0.768. The van der Waals surface area contributed by atoms with E-state index in [1.165, 1.54) is 25.0 Å². The average molecular weight is 408 g/mol. The molecule has 158 valence electrons. The van der Waals surface area contributed by atoms with Gasteiger partial charge in [-0.05, 0) is 31.0 Å². The van der Waals surface area contributed by atoms with Gasteiger partial charge in [0.05, 0.1) is 31.6 Å². The fourth-order valence-electron chi connectivity index (χ4n) is 3.51. The Kier molecular flexibility index (Phi) is 6.40. The number of anilines is 2. The second-order valence-corrected chi connectivity index (χ2v) is 7.09. The van der Waals surface area contributed by atoms with Crippen LogP contribution in [0, 0.1) is 5.82 Å². The zero-order valence-corrected chi connectivity index (χ0v) is 16.4. The Balaban J connectivity index is 1.60. The first-order chi connectivity index (χ1) is 13.9. The van der Waals surface area contributed by atoms with Crippen molar-refractivity contribution in [2.75, 3.05) is 43.1 Å². The molecule has 3 rings (SSSR count). The molecule has 29 heavy (non-hydrogen) atoms. The Morgan fingerprint density at radius 3 is 2.66 bits per heavy atom. The third-order valence-corrected chi connectivity index (χ3v) is 5.04. The molecule has 9 nitrogen and oxygen atoms in total. The lowest BCUT2D eigenvalue weighted by Crippen LogP contribution is -2.44. The molecule has 0 radical (unpaired) electrons. The molecule has 2 fully saturated rings. The van der Waals surface area contributed by atoms with Gasteiger partial charge in [0.2, 0.25) is 5.91 Å². The monoisotopic (exact) mass is 408 g/mol. The lowest BCUT2D eigenvalue weighted by molar-refractivity contribution is -0.119. The van der Waals surface area contributed by atoms with Crippen molar-refractivity contribution >= 4 is 29.5 Å². The van der Waals surface area contributed by atoms with Crippen LogP contribution >= 0.6 is 0 Å². The number of piperidine rings is 1. The fourth-order valence-corrected chi connectivity index (χ4v) is 3.51. The van der Waals surface area contributed by atoms with Crippen molar-refractivity contribution in [2.45, 2.75) is 31.9 Å². The third kappa shape index (κ3) is 5.07. The highest BCUT2D eigenvalue weighted by Gasteiger charge is 2.33. The minimum Gasteiger partial charge on any atom is -0.453 e. The predicted octanol–water partition coefficient (Wildman–Crippen LogP) is 1.61. The fraction of sp³-hybridized carbons (Fsp3) is 0.526. The van der Waals surface area contributed by atoms with Crippen molar-refractivity contribution < 1.29 is 28.2 Å². The number of carbonyl (C=O) groups excluding carboxylic acids is 3. The highest BCUT2D eigenvalue weighted by Crippen LogP contribution is 2.29. The number of carbonyl (C=O) groups is 3. The van der Waals surface area contributed by atoms with E-state index in [2.05, 4.69) is 15.4 Å². The van der Waals surface area contributed by atoms with Crippen molar-refractivity contribution in [3.8, 4) is 0 Å². The normalized spacial score (nSPS) is 19.7. The van der Waals surface area contributed by atoms with Crippen LogP contribution in [0.25, 0.3) is 0 Å². The summed E-state index contributed by atoms with van der Waals surface area (Å²) in [6, 6.07) is 4.64. The van der Waals surface area contributed by atoms with Gasteiger partial charge < -0.3 is 25.0 Å². The van der Waals surface area contributed by atoms with Crippen LogP contribution in [-0.4, -0.2) is 63.5 Å². The van der Waals surface area contributed by atoms with Gasteiger partial charge in [0, 0.05) is 26.1 Å². The molecular weight excluding hydrogens is 383 g/mol. The third-order valence-electron chi connectivity index (χ3n) is 5.04. The Bertz CT molecular complexity index is 782. The van der Waals surface area contributed by atoms with E-state index in [4.69, 9.17) is 4.74 Å². The van der Waals surface area contributed by atoms with E-state index in [1.54, 1.807) is 12.1 Å². The molecule has 2 aliphatic heterocycles. The molecule has 1 aromatic rings. The van der Waals surface area contributed by atoms with Crippen molar-refractivity contribution in [1.82, 2.24) is 10.6 Å². The number of rotatable bonds is 5. The SMILES string of the molecule is COC(=O)NC1CCN(c2ccc(N3C[C@H](CNC(C)=O)OC3=O)cc2F)CC1. The lowest BCUT2D eigenvalue weighted by Gasteiger charge is -2.34. The number of methoxy groups -OCH3 is 1. The molecule has 1 aromatic carbocycles.